The van der Waals surface area contributed by atoms with Crippen molar-refractivity contribution in [1.82, 2.24) is 0 Å². The first-order chi connectivity index (χ1) is 6.93. The third-order valence-corrected chi connectivity index (χ3v) is 2.93. The Morgan fingerprint density at radius 3 is 2.47 bits per heavy atom. The van der Waals surface area contributed by atoms with E-state index < -0.39 is 5.97 Å². The molecule has 0 amide bonds. The summed E-state index contributed by atoms with van der Waals surface area (Å²) in [6.07, 6.45) is 3.67. The number of hydrogen-bond donors (Lipinski definition) is 1. The number of rotatable bonds is 7. The van der Waals surface area contributed by atoms with Gasteiger partial charge >= 0.3 is 5.97 Å². The Hall–Kier alpha value is -1.04. The van der Waals surface area contributed by atoms with Crippen LogP contribution in [0.5, 0.6) is 0 Å². The molecule has 0 aromatic heterocycles. The van der Waals surface area contributed by atoms with Crippen LogP contribution in [-0.2, 0) is 4.79 Å². The van der Waals surface area contributed by atoms with Gasteiger partial charge in [0.1, 0.15) is 0 Å². The molecule has 1 unspecified atom stereocenters. The molecule has 0 aliphatic heterocycles. The van der Waals surface area contributed by atoms with E-state index in [4.69, 9.17) is 10.4 Å². The van der Waals surface area contributed by atoms with Crippen LogP contribution < -0.4 is 0 Å². The highest BCUT2D eigenvalue weighted by molar-refractivity contribution is 5.69. The van der Waals surface area contributed by atoms with Gasteiger partial charge in [-0.05, 0) is 31.1 Å². The van der Waals surface area contributed by atoms with Crippen molar-refractivity contribution >= 4 is 5.97 Å². The van der Waals surface area contributed by atoms with Crippen molar-refractivity contribution in [2.24, 2.45) is 11.3 Å². The Morgan fingerprint density at radius 2 is 2.07 bits per heavy atom. The average molecular weight is 211 g/mol. The molecule has 0 saturated heterocycles. The standard InChI is InChI=1S/C12H21NO2/c1-4-10(11(14)15)6-8-12(2,3)7-5-9-13/h10H,4-8H2,1-3H3,(H,14,15). The Bertz CT molecular complexity index is 240. The zero-order valence-corrected chi connectivity index (χ0v) is 9.92. The lowest BCUT2D eigenvalue weighted by Crippen LogP contribution is -2.18. The zero-order chi connectivity index (χ0) is 11.9. The molecule has 86 valence electrons. The minimum Gasteiger partial charge on any atom is -0.481 e. The van der Waals surface area contributed by atoms with Gasteiger partial charge in [0.05, 0.1) is 12.0 Å². The SMILES string of the molecule is CCC(CCC(C)(C)CCC#N)C(=O)O. The van der Waals surface area contributed by atoms with Crippen LogP contribution in [0.3, 0.4) is 0 Å². The van der Waals surface area contributed by atoms with E-state index in [-0.39, 0.29) is 11.3 Å². The van der Waals surface area contributed by atoms with Crippen molar-refractivity contribution in [1.29, 1.82) is 5.26 Å². The summed E-state index contributed by atoms with van der Waals surface area (Å²) in [5.74, 6) is -0.931. The number of carbonyl (C=O) groups is 1. The maximum absolute atomic E-state index is 10.8. The van der Waals surface area contributed by atoms with Crippen LogP contribution in [-0.4, -0.2) is 11.1 Å². The van der Waals surface area contributed by atoms with Gasteiger partial charge in [-0.25, -0.2) is 0 Å². The van der Waals surface area contributed by atoms with Crippen LogP contribution in [0.2, 0.25) is 0 Å². The molecule has 0 spiro atoms. The summed E-state index contributed by atoms with van der Waals surface area (Å²) in [4.78, 5) is 10.8. The summed E-state index contributed by atoms with van der Waals surface area (Å²) in [6, 6.07) is 2.13. The number of carboxylic acids is 1. The second-order valence-electron chi connectivity index (χ2n) is 4.80. The molecule has 0 aromatic rings. The topological polar surface area (TPSA) is 61.1 Å². The molecule has 0 rings (SSSR count). The lowest BCUT2D eigenvalue weighted by atomic mass is 9.80. The van der Waals surface area contributed by atoms with Crippen LogP contribution in [0.4, 0.5) is 0 Å². The van der Waals surface area contributed by atoms with Gasteiger partial charge in [-0.2, -0.15) is 5.26 Å². The Morgan fingerprint density at radius 1 is 1.47 bits per heavy atom. The molecule has 0 aliphatic rings. The van der Waals surface area contributed by atoms with E-state index in [0.29, 0.717) is 19.3 Å². The summed E-state index contributed by atoms with van der Waals surface area (Å²) in [7, 11) is 0. The zero-order valence-electron chi connectivity index (χ0n) is 9.92. The first kappa shape index (κ1) is 14.0. The van der Waals surface area contributed by atoms with Crippen LogP contribution in [0.15, 0.2) is 0 Å². The van der Waals surface area contributed by atoms with Gasteiger partial charge in [-0.15, -0.1) is 0 Å². The first-order valence-electron chi connectivity index (χ1n) is 5.52. The Labute approximate surface area is 92.1 Å². The van der Waals surface area contributed by atoms with Gasteiger partial charge < -0.3 is 5.11 Å². The number of hydrogen-bond acceptors (Lipinski definition) is 2. The summed E-state index contributed by atoms with van der Waals surface area (Å²) in [6.45, 7) is 6.10. The van der Waals surface area contributed by atoms with Crippen LogP contribution in [0, 0.1) is 22.7 Å². The smallest absolute Gasteiger partial charge is 0.306 e. The van der Waals surface area contributed by atoms with Crippen molar-refractivity contribution in [3.05, 3.63) is 0 Å². The monoisotopic (exact) mass is 211 g/mol. The average Bonchev–Trinajstić information content (AvgIpc) is 2.15. The fraction of sp³-hybridized carbons (Fsp3) is 0.833. The molecule has 0 bridgehead atoms. The molecule has 3 heteroatoms. The van der Waals surface area contributed by atoms with Gasteiger partial charge in [0.2, 0.25) is 0 Å². The molecule has 0 heterocycles. The highest BCUT2D eigenvalue weighted by Crippen LogP contribution is 2.30. The van der Waals surface area contributed by atoms with Gasteiger partial charge in [0.15, 0.2) is 0 Å². The molecule has 1 atom stereocenters. The number of nitriles is 1. The molecule has 0 radical (unpaired) electrons. The number of carboxylic acid groups (broad SMARTS) is 1. The van der Waals surface area contributed by atoms with E-state index in [1.165, 1.54) is 0 Å². The quantitative estimate of drug-likeness (QED) is 0.703. The summed E-state index contributed by atoms with van der Waals surface area (Å²) >= 11 is 0. The lowest BCUT2D eigenvalue weighted by Gasteiger charge is -2.24. The third-order valence-electron chi connectivity index (χ3n) is 2.93. The molecular formula is C12H21NO2. The molecule has 0 saturated carbocycles. The Balaban J connectivity index is 4.01. The fourth-order valence-electron chi connectivity index (χ4n) is 1.59. The van der Waals surface area contributed by atoms with Gasteiger partial charge in [-0.3, -0.25) is 4.79 Å². The van der Waals surface area contributed by atoms with E-state index in [1.807, 2.05) is 6.92 Å². The van der Waals surface area contributed by atoms with Gasteiger partial charge in [0, 0.05) is 6.42 Å². The minimum atomic E-state index is -0.700. The maximum Gasteiger partial charge on any atom is 0.306 e. The largest absolute Gasteiger partial charge is 0.481 e. The van der Waals surface area contributed by atoms with Crippen LogP contribution >= 0.6 is 0 Å². The molecule has 3 nitrogen and oxygen atoms in total. The summed E-state index contributed by atoms with van der Waals surface area (Å²) < 4.78 is 0. The van der Waals surface area contributed by atoms with Gasteiger partial charge in [0.25, 0.3) is 0 Å². The van der Waals surface area contributed by atoms with E-state index in [9.17, 15) is 4.79 Å². The van der Waals surface area contributed by atoms with Gasteiger partial charge in [-0.1, -0.05) is 20.8 Å². The number of aliphatic carboxylic acids is 1. The van der Waals surface area contributed by atoms with E-state index >= 15 is 0 Å². The van der Waals surface area contributed by atoms with Crippen molar-refractivity contribution in [2.45, 2.75) is 52.9 Å². The highest BCUT2D eigenvalue weighted by atomic mass is 16.4. The lowest BCUT2D eigenvalue weighted by molar-refractivity contribution is -0.142. The second-order valence-corrected chi connectivity index (χ2v) is 4.80. The van der Waals surface area contributed by atoms with Crippen molar-refractivity contribution in [3.8, 4) is 6.07 Å². The van der Waals surface area contributed by atoms with E-state index in [1.54, 1.807) is 0 Å². The molecule has 0 aromatic carbocycles. The molecule has 1 N–H and O–H groups in total. The molecule has 0 fully saturated rings. The normalized spacial score (nSPS) is 13.2. The maximum atomic E-state index is 10.8. The van der Waals surface area contributed by atoms with Crippen LogP contribution in [0.25, 0.3) is 0 Å². The van der Waals surface area contributed by atoms with Crippen molar-refractivity contribution < 1.29 is 9.90 Å². The summed E-state index contributed by atoms with van der Waals surface area (Å²) in [5, 5.41) is 17.4. The predicted molar refractivity (Wildman–Crippen MR) is 59.3 cm³/mol. The fourth-order valence-corrected chi connectivity index (χ4v) is 1.59. The predicted octanol–water partition coefficient (Wildman–Crippen LogP) is 3.21. The third kappa shape index (κ3) is 6.11. The first-order valence-corrected chi connectivity index (χ1v) is 5.52. The highest BCUT2D eigenvalue weighted by Gasteiger charge is 2.22. The van der Waals surface area contributed by atoms with Crippen molar-refractivity contribution in [3.63, 3.8) is 0 Å². The minimum absolute atomic E-state index is 0.0819. The van der Waals surface area contributed by atoms with Crippen molar-refractivity contribution in [2.75, 3.05) is 0 Å². The van der Waals surface area contributed by atoms with Crippen LogP contribution in [0.1, 0.15) is 52.9 Å². The molecule has 15 heavy (non-hydrogen) atoms. The van der Waals surface area contributed by atoms with E-state index in [2.05, 4.69) is 19.9 Å². The second kappa shape index (κ2) is 6.44. The molecule has 0 aliphatic carbocycles. The Kier molecular flexibility index (Phi) is 6.00. The number of nitrogens with zero attached hydrogens (tertiary/aromatic N) is 1. The molecular weight excluding hydrogens is 190 g/mol. The van der Waals surface area contributed by atoms with E-state index in [0.717, 1.165) is 12.8 Å². The summed E-state index contributed by atoms with van der Waals surface area (Å²) in [5.41, 5.74) is 0.0819.